The molecule has 0 amide bonds. The highest BCUT2D eigenvalue weighted by Crippen LogP contribution is 2.21. The molecule has 82 valence electrons. The molecular weight excluding hydrogens is 214 g/mol. The summed E-state index contributed by atoms with van der Waals surface area (Å²) in [6, 6.07) is 7.50. The topological polar surface area (TPSA) is 40.5 Å². The number of carboxylic acids is 1. The lowest BCUT2D eigenvalue weighted by Crippen LogP contribution is -2.28. The van der Waals surface area contributed by atoms with E-state index in [1.165, 1.54) is 0 Å². The number of hydrogen-bond acceptors (Lipinski definition) is 2. The monoisotopic (exact) mass is 227 g/mol. The predicted octanol–water partition coefficient (Wildman–Crippen LogP) is 2.42. The summed E-state index contributed by atoms with van der Waals surface area (Å²) >= 11 is 5.86. The van der Waals surface area contributed by atoms with Gasteiger partial charge in [-0.3, -0.25) is 9.69 Å². The van der Waals surface area contributed by atoms with Crippen LogP contribution in [-0.2, 0) is 4.79 Å². The second-order valence-electron chi connectivity index (χ2n) is 3.54. The van der Waals surface area contributed by atoms with E-state index < -0.39 is 5.97 Å². The number of nitrogens with zero attached hydrogens (tertiary/aromatic N) is 1. The van der Waals surface area contributed by atoms with E-state index in [-0.39, 0.29) is 12.6 Å². The van der Waals surface area contributed by atoms with Crippen molar-refractivity contribution in [3.05, 3.63) is 34.9 Å². The molecule has 0 bridgehead atoms. The third-order valence-electron chi connectivity index (χ3n) is 2.38. The van der Waals surface area contributed by atoms with Gasteiger partial charge in [0.1, 0.15) is 0 Å². The zero-order valence-electron chi connectivity index (χ0n) is 8.77. The van der Waals surface area contributed by atoms with Crippen LogP contribution in [0.2, 0.25) is 5.02 Å². The minimum absolute atomic E-state index is 0.0215. The lowest BCUT2D eigenvalue weighted by Gasteiger charge is -2.23. The molecule has 0 aliphatic carbocycles. The van der Waals surface area contributed by atoms with Crippen LogP contribution in [-0.4, -0.2) is 29.6 Å². The predicted molar refractivity (Wildman–Crippen MR) is 60.1 cm³/mol. The molecule has 4 heteroatoms. The number of carbonyl (C=O) groups is 1. The second-order valence-corrected chi connectivity index (χ2v) is 3.98. The number of rotatable bonds is 4. The molecule has 1 aromatic carbocycles. The minimum Gasteiger partial charge on any atom is -0.480 e. The van der Waals surface area contributed by atoms with Crippen LogP contribution < -0.4 is 0 Å². The summed E-state index contributed by atoms with van der Waals surface area (Å²) in [7, 11) is 1.78. The molecule has 15 heavy (non-hydrogen) atoms. The Morgan fingerprint density at radius 3 is 2.80 bits per heavy atom. The van der Waals surface area contributed by atoms with Crippen LogP contribution in [0.25, 0.3) is 0 Å². The van der Waals surface area contributed by atoms with Crippen molar-refractivity contribution in [1.29, 1.82) is 0 Å². The Morgan fingerprint density at radius 1 is 1.60 bits per heavy atom. The smallest absolute Gasteiger partial charge is 0.317 e. The number of aliphatic carboxylic acids is 1. The number of benzene rings is 1. The van der Waals surface area contributed by atoms with Gasteiger partial charge < -0.3 is 5.11 Å². The van der Waals surface area contributed by atoms with Gasteiger partial charge in [0, 0.05) is 11.1 Å². The van der Waals surface area contributed by atoms with Crippen molar-refractivity contribution < 1.29 is 9.90 Å². The SMILES string of the molecule is C[C@@H](c1cccc(Cl)c1)N(C)CC(=O)O. The fraction of sp³-hybridized carbons (Fsp3) is 0.364. The Morgan fingerprint density at radius 2 is 2.27 bits per heavy atom. The summed E-state index contributed by atoms with van der Waals surface area (Å²) in [5, 5.41) is 9.34. The Labute approximate surface area is 94.3 Å². The summed E-state index contributed by atoms with van der Waals surface area (Å²) in [5.74, 6) is -0.827. The third kappa shape index (κ3) is 3.53. The van der Waals surface area contributed by atoms with Crippen LogP contribution in [0.15, 0.2) is 24.3 Å². The number of hydrogen-bond donors (Lipinski definition) is 1. The van der Waals surface area contributed by atoms with Gasteiger partial charge in [0.15, 0.2) is 0 Å². The molecule has 1 N–H and O–H groups in total. The lowest BCUT2D eigenvalue weighted by atomic mass is 10.1. The molecule has 0 saturated heterocycles. The normalized spacial score (nSPS) is 12.8. The van der Waals surface area contributed by atoms with Crippen molar-refractivity contribution in [1.82, 2.24) is 4.90 Å². The molecule has 0 aliphatic rings. The van der Waals surface area contributed by atoms with Crippen LogP contribution in [0.5, 0.6) is 0 Å². The third-order valence-corrected chi connectivity index (χ3v) is 2.61. The van der Waals surface area contributed by atoms with E-state index in [1.807, 2.05) is 25.1 Å². The summed E-state index contributed by atoms with van der Waals surface area (Å²) in [6.07, 6.45) is 0. The Balaban J connectivity index is 2.75. The first kappa shape index (κ1) is 12.0. The van der Waals surface area contributed by atoms with E-state index in [4.69, 9.17) is 16.7 Å². The minimum atomic E-state index is -0.827. The molecular formula is C11H14ClNO2. The van der Waals surface area contributed by atoms with Gasteiger partial charge >= 0.3 is 5.97 Å². The van der Waals surface area contributed by atoms with E-state index in [0.29, 0.717) is 5.02 Å². The molecule has 0 unspecified atom stereocenters. The molecule has 0 radical (unpaired) electrons. The summed E-state index contributed by atoms with van der Waals surface area (Å²) in [6.45, 7) is 1.97. The molecule has 0 aromatic heterocycles. The van der Waals surface area contributed by atoms with Gasteiger partial charge in [0.05, 0.1) is 6.54 Å². The molecule has 0 spiro atoms. The Hall–Kier alpha value is -1.06. The summed E-state index contributed by atoms with van der Waals surface area (Å²) in [5.41, 5.74) is 1.02. The molecule has 0 heterocycles. The highest BCUT2D eigenvalue weighted by molar-refractivity contribution is 6.30. The molecule has 3 nitrogen and oxygen atoms in total. The zero-order valence-corrected chi connectivity index (χ0v) is 9.53. The maximum Gasteiger partial charge on any atom is 0.317 e. The van der Waals surface area contributed by atoms with Crippen LogP contribution in [0.1, 0.15) is 18.5 Å². The Bertz CT molecular complexity index is 354. The van der Waals surface area contributed by atoms with Gasteiger partial charge in [-0.05, 0) is 31.7 Å². The van der Waals surface area contributed by atoms with Gasteiger partial charge in [0.2, 0.25) is 0 Å². The fourth-order valence-electron chi connectivity index (χ4n) is 1.37. The average molecular weight is 228 g/mol. The van der Waals surface area contributed by atoms with E-state index in [0.717, 1.165) is 5.56 Å². The first-order valence-corrected chi connectivity index (χ1v) is 5.06. The largest absolute Gasteiger partial charge is 0.480 e. The van der Waals surface area contributed by atoms with Gasteiger partial charge in [-0.25, -0.2) is 0 Å². The van der Waals surface area contributed by atoms with Crippen molar-refractivity contribution >= 4 is 17.6 Å². The van der Waals surface area contributed by atoms with E-state index in [2.05, 4.69) is 0 Å². The zero-order chi connectivity index (χ0) is 11.4. The second kappa shape index (κ2) is 5.14. The van der Waals surface area contributed by atoms with Crippen molar-refractivity contribution in [2.75, 3.05) is 13.6 Å². The van der Waals surface area contributed by atoms with Crippen LogP contribution >= 0.6 is 11.6 Å². The summed E-state index contributed by atoms with van der Waals surface area (Å²) in [4.78, 5) is 12.3. The molecule has 0 fully saturated rings. The van der Waals surface area contributed by atoms with Crippen molar-refractivity contribution in [3.63, 3.8) is 0 Å². The highest BCUT2D eigenvalue weighted by Gasteiger charge is 2.14. The van der Waals surface area contributed by atoms with Gasteiger partial charge in [0.25, 0.3) is 0 Å². The van der Waals surface area contributed by atoms with Crippen molar-refractivity contribution in [2.45, 2.75) is 13.0 Å². The highest BCUT2D eigenvalue weighted by atomic mass is 35.5. The van der Waals surface area contributed by atoms with Gasteiger partial charge in [-0.1, -0.05) is 23.7 Å². The maximum atomic E-state index is 10.5. The summed E-state index contributed by atoms with van der Waals surface area (Å²) < 4.78 is 0. The van der Waals surface area contributed by atoms with Crippen molar-refractivity contribution in [3.8, 4) is 0 Å². The van der Waals surface area contributed by atoms with E-state index in [1.54, 1.807) is 18.0 Å². The van der Waals surface area contributed by atoms with E-state index >= 15 is 0 Å². The Kier molecular flexibility index (Phi) is 4.12. The average Bonchev–Trinajstić information content (AvgIpc) is 2.15. The van der Waals surface area contributed by atoms with Gasteiger partial charge in [-0.15, -0.1) is 0 Å². The van der Waals surface area contributed by atoms with E-state index in [9.17, 15) is 4.79 Å². The number of carboxylic acid groups (broad SMARTS) is 1. The molecule has 1 atom stereocenters. The quantitative estimate of drug-likeness (QED) is 0.859. The number of halogens is 1. The molecule has 0 aliphatic heterocycles. The van der Waals surface area contributed by atoms with Crippen molar-refractivity contribution in [2.24, 2.45) is 0 Å². The first-order valence-electron chi connectivity index (χ1n) is 4.68. The van der Waals surface area contributed by atoms with Crippen LogP contribution in [0.4, 0.5) is 0 Å². The molecule has 1 aromatic rings. The molecule has 1 rings (SSSR count). The fourth-order valence-corrected chi connectivity index (χ4v) is 1.57. The van der Waals surface area contributed by atoms with Crippen LogP contribution in [0, 0.1) is 0 Å². The van der Waals surface area contributed by atoms with Crippen LogP contribution in [0.3, 0.4) is 0 Å². The van der Waals surface area contributed by atoms with Gasteiger partial charge in [-0.2, -0.15) is 0 Å². The molecule has 0 saturated carbocycles. The maximum absolute atomic E-state index is 10.5. The standard InChI is InChI=1S/C11H14ClNO2/c1-8(13(2)7-11(14)15)9-4-3-5-10(12)6-9/h3-6,8H,7H2,1-2H3,(H,14,15)/t8-/m0/s1. The first-order chi connectivity index (χ1) is 7.00. The lowest BCUT2D eigenvalue weighted by molar-refractivity contribution is -0.138. The number of likely N-dealkylation sites (N-methyl/N-ethyl adjacent to an activating group) is 1.